The summed E-state index contributed by atoms with van der Waals surface area (Å²) in [6.45, 7) is 4.11. The number of carboxylic acid groups (broad SMARTS) is 2. The molecule has 10 N–H and O–H groups in total. The van der Waals surface area contributed by atoms with Crippen LogP contribution in [0, 0.1) is 5.82 Å². The van der Waals surface area contributed by atoms with Crippen LogP contribution in [0.3, 0.4) is 0 Å². The lowest BCUT2D eigenvalue weighted by Gasteiger charge is -2.29. The largest absolute Gasteiger partial charge is 0.479 e. The van der Waals surface area contributed by atoms with Crippen molar-refractivity contribution in [2.24, 2.45) is 0 Å². The van der Waals surface area contributed by atoms with Gasteiger partial charge in [-0.25, -0.2) is 19.0 Å². The normalized spacial score (nSPS) is 16.6. The molecule has 1 fully saturated rings. The van der Waals surface area contributed by atoms with Crippen LogP contribution in [0.25, 0.3) is 11.0 Å². The first-order chi connectivity index (χ1) is 16.9. The van der Waals surface area contributed by atoms with Gasteiger partial charge in [0.15, 0.2) is 17.7 Å². The van der Waals surface area contributed by atoms with Gasteiger partial charge in [0.25, 0.3) is 0 Å². The highest BCUT2D eigenvalue weighted by atomic mass is 19.1. The summed E-state index contributed by atoms with van der Waals surface area (Å²) in [6.07, 6.45) is -6.57. The smallest absolute Gasteiger partial charge is 0.341 e. The molecule has 0 radical (unpaired) electrons. The van der Waals surface area contributed by atoms with Crippen LogP contribution >= 0.6 is 0 Å². The van der Waals surface area contributed by atoms with Crippen molar-refractivity contribution < 1.29 is 55.2 Å². The number of nitrogens with one attached hydrogen (secondary N) is 1. The summed E-state index contributed by atoms with van der Waals surface area (Å²) in [5, 5.41) is 64.1. The summed E-state index contributed by atoms with van der Waals surface area (Å²) in [5.41, 5.74) is -0.789. The van der Waals surface area contributed by atoms with E-state index in [-0.39, 0.29) is 22.2 Å². The number of carboxylic acids is 2. The Balaban J connectivity index is 0.000000423. The van der Waals surface area contributed by atoms with Crippen LogP contribution in [0.1, 0.15) is 17.3 Å². The summed E-state index contributed by atoms with van der Waals surface area (Å²) in [7, 11) is 0. The molecule has 0 aliphatic carbocycles. The van der Waals surface area contributed by atoms with Crippen LogP contribution in [0.5, 0.6) is 0 Å². The van der Waals surface area contributed by atoms with Gasteiger partial charge in [-0.1, -0.05) is 0 Å². The van der Waals surface area contributed by atoms with E-state index in [1.165, 1.54) is 6.20 Å². The first kappa shape index (κ1) is 31.8. The number of aliphatic hydroxyl groups excluding tert-OH is 5. The minimum atomic E-state index is -2.20. The SMILES string of the molecule is CCn1cc(C(=O)O)c(=O)c2cc(F)c(N3CCNCC3)nc21.O.O=C(O)[C@H](O)[C@@H](O)[C@H](O)[C@H](O)CO. The Bertz CT molecular complexity index is 1140. The molecular weight excluding hydrogens is 503 g/mol. The zero-order chi connectivity index (χ0) is 27.2. The number of aromatic nitrogens is 2. The van der Waals surface area contributed by atoms with Gasteiger partial charge in [0.2, 0.25) is 5.43 Å². The van der Waals surface area contributed by atoms with E-state index in [4.69, 9.17) is 35.7 Å². The number of rotatable bonds is 8. The number of aliphatic hydroxyl groups is 5. The Labute approximate surface area is 209 Å². The summed E-state index contributed by atoms with van der Waals surface area (Å²) < 4.78 is 16.0. The molecule has 1 aliphatic rings. The first-order valence-corrected chi connectivity index (χ1v) is 10.9. The van der Waals surface area contributed by atoms with Crippen molar-refractivity contribution in [2.45, 2.75) is 37.9 Å². The molecule has 1 aliphatic heterocycles. The molecule has 0 unspecified atom stereocenters. The van der Waals surface area contributed by atoms with Gasteiger partial charge in [-0.2, -0.15) is 0 Å². The molecule has 0 spiro atoms. The maximum absolute atomic E-state index is 14.4. The third kappa shape index (κ3) is 7.39. The van der Waals surface area contributed by atoms with Crippen molar-refractivity contribution in [3.05, 3.63) is 33.9 Å². The fraction of sp³-hybridized carbons (Fsp3) is 0.524. The van der Waals surface area contributed by atoms with E-state index in [0.29, 0.717) is 25.3 Å². The van der Waals surface area contributed by atoms with Gasteiger partial charge >= 0.3 is 11.9 Å². The Morgan fingerprint density at radius 2 is 1.73 bits per heavy atom. The number of aryl methyl sites for hydroxylation is 1. The molecule has 3 rings (SSSR count). The van der Waals surface area contributed by atoms with Crippen molar-refractivity contribution in [1.29, 1.82) is 0 Å². The number of carbonyl (C=O) groups is 2. The minimum Gasteiger partial charge on any atom is -0.479 e. The van der Waals surface area contributed by atoms with Crippen LogP contribution in [0.2, 0.25) is 0 Å². The molecule has 0 aromatic carbocycles. The Hall–Kier alpha value is -3.25. The monoisotopic (exact) mass is 534 g/mol. The number of aromatic carboxylic acids is 1. The number of halogens is 1. The third-order valence-electron chi connectivity index (χ3n) is 5.48. The maximum atomic E-state index is 14.4. The van der Waals surface area contributed by atoms with Crippen LogP contribution in [0.4, 0.5) is 10.2 Å². The van der Waals surface area contributed by atoms with E-state index in [0.717, 1.165) is 19.2 Å². The second kappa shape index (κ2) is 13.9. The molecule has 0 saturated carbocycles. The van der Waals surface area contributed by atoms with E-state index in [1.54, 1.807) is 4.57 Å². The van der Waals surface area contributed by atoms with Gasteiger partial charge in [0.05, 0.1) is 12.0 Å². The number of nitrogens with zero attached hydrogens (tertiary/aromatic N) is 3. The quantitative estimate of drug-likeness (QED) is 0.163. The van der Waals surface area contributed by atoms with E-state index < -0.39 is 54.2 Å². The second-order valence-corrected chi connectivity index (χ2v) is 7.88. The number of fused-ring (bicyclic) bond motifs is 1. The number of aliphatic carboxylic acids is 1. The van der Waals surface area contributed by atoms with Crippen molar-refractivity contribution in [3.8, 4) is 0 Å². The van der Waals surface area contributed by atoms with Crippen LogP contribution < -0.4 is 15.6 Å². The van der Waals surface area contributed by atoms with Gasteiger partial charge in [0.1, 0.15) is 29.5 Å². The van der Waals surface area contributed by atoms with E-state index in [1.807, 2.05) is 11.8 Å². The van der Waals surface area contributed by atoms with Crippen LogP contribution in [0.15, 0.2) is 17.1 Å². The Morgan fingerprint density at radius 3 is 2.22 bits per heavy atom. The lowest BCUT2D eigenvalue weighted by molar-refractivity contribution is -0.164. The van der Waals surface area contributed by atoms with Gasteiger partial charge in [-0.05, 0) is 13.0 Å². The molecule has 0 bridgehead atoms. The molecule has 16 heteroatoms. The Kier molecular flexibility index (Phi) is 11.9. The molecule has 37 heavy (non-hydrogen) atoms. The molecule has 0 amide bonds. The zero-order valence-corrected chi connectivity index (χ0v) is 19.8. The first-order valence-electron chi connectivity index (χ1n) is 10.9. The fourth-order valence-electron chi connectivity index (χ4n) is 3.44. The van der Waals surface area contributed by atoms with E-state index in [9.17, 15) is 18.8 Å². The number of hydrogen-bond acceptors (Lipinski definition) is 11. The Morgan fingerprint density at radius 1 is 1.14 bits per heavy atom. The zero-order valence-electron chi connectivity index (χ0n) is 19.8. The van der Waals surface area contributed by atoms with Crippen LogP contribution in [-0.4, -0.2) is 120 Å². The van der Waals surface area contributed by atoms with Crippen molar-refractivity contribution in [2.75, 3.05) is 37.7 Å². The second-order valence-electron chi connectivity index (χ2n) is 7.88. The lowest BCUT2D eigenvalue weighted by atomic mass is 10.0. The standard InChI is InChI=1S/C15H17FN4O3.C6H12O7.H2O/c1-2-19-8-10(15(22)23)12(21)9-7-11(16)14(18-13(9)19)20-5-3-17-4-6-20;7-1-2(8)3(9)4(10)5(11)6(12)13;/h7-8,17H,2-6H2,1H3,(H,22,23);2-5,7-11H,1H2,(H,12,13);1H2/t;2-,3-,4+,5-;/m.1./s1. The predicted molar refractivity (Wildman–Crippen MR) is 126 cm³/mol. The summed E-state index contributed by atoms with van der Waals surface area (Å²) in [6, 6.07) is 1.10. The van der Waals surface area contributed by atoms with Gasteiger partial charge in [0, 0.05) is 38.9 Å². The maximum Gasteiger partial charge on any atom is 0.341 e. The summed E-state index contributed by atoms with van der Waals surface area (Å²) in [4.78, 5) is 39.7. The van der Waals surface area contributed by atoms with Gasteiger partial charge < -0.3 is 56.0 Å². The molecule has 2 aromatic heterocycles. The summed E-state index contributed by atoms with van der Waals surface area (Å²) in [5.74, 6) is -3.47. The molecule has 4 atom stereocenters. The number of pyridine rings is 2. The molecule has 15 nitrogen and oxygen atoms in total. The van der Waals surface area contributed by atoms with Crippen molar-refractivity contribution in [1.82, 2.24) is 14.9 Å². The van der Waals surface area contributed by atoms with E-state index >= 15 is 0 Å². The van der Waals surface area contributed by atoms with Crippen molar-refractivity contribution >= 4 is 28.8 Å². The molecular formula is C21H31FN4O11. The summed E-state index contributed by atoms with van der Waals surface area (Å²) >= 11 is 0. The average molecular weight is 534 g/mol. The topological polar surface area (TPSA) is 257 Å². The number of piperazine rings is 1. The van der Waals surface area contributed by atoms with Crippen molar-refractivity contribution in [3.63, 3.8) is 0 Å². The highest BCUT2D eigenvalue weighted by Gasteiger charge is 2.33. The molecule has 1 saturated heterocycles. The van der Waals surface area contributed by atoms with Gasteiger partial charge in [-0.15, -0.1) is 0 Å². The predicted octanol–water partition coefficient (Wildman–Crippen LogP) is -3.65. The lowest BCUT2D eigenvalue weighted by Crippen LogP contribution is -2.48. The minimum absolute atomic E-state index is 0. The molecule has 2 aromatic rings. The molecule has 208 valence electrons. The van der Waals surface area contributed by atoms with Crippen LogP contribution in [-0.2, 0) is 11.3 Å². The highest BCUT2D eigenvalue weighted by Crippen LogP contribution is 2.22. The van der Waals surface area contributed by atoms with Gasteiger partial charge in [-0.3, -0.25) is 4.79 Å². The number of anilines is 1. The third-order valence-corrected chi connectivity index (χ3v) is 5.48. The fourth-order valence-corrected chi connectivity index (χ4v) is 3.44. The average Bonchev–Trinajstić information content (AvgIpc) is 2.87. The highest BCUT2D eigenvalue weighted by molar-refractivity contribution is 5.92. The van der Waals surface area contributed by atoms with E-state index in [2.05, 4.69) is 10.3 Å². The number of hydrogen-bond donors (Lipinski definition) is 8. The molecule has 3 heterocycles.